The van der Waals surface area contributed by atoms with Crippen LogP contribution in [0.1, 0.15) is 5.82 Å². The van der Waals surface area contributed by atoms with Crippen LogP contribution >= 0.6 is 0 Å². The fourth-order valence-electron chi connectivity index (χ4n) is 4.24. The van der Waals surface area contributed by atoms with Crippen LogP contribution in [0, 0.1) is 17.5 Å². The van der Waals surface area contributed by atoms with E-state index in [1.54, 1.807) is 36.4 Å². The fourth-order valence-corrected chi connectivity index (χ4v) is 4.24. The minimum atomic E-state index is -0.351. The molecule has 1 aromatic heterocycles. The molecule has 1 saturated heterocycles. The number of nitrogens with one attached hydrogen (secondary N) is 1. The van der Waals surface area contributed by atoms with Crippen molar-refractivity contribution in [3.63, 3.8) is 0 Å². The second-order valence-electron chi connectivity index (χ2n) is 8.17. The van der Waals surface area contributed by atoms with Crippen LogP contribution in [0.15, 0.2) is 72.8 Å². The smallest absolute Gasteiger partial charge is 0.125 e. The SMILES string of the molecule is Fc1cccc(-c2nc(CN3CCN(c4cccc(F)c4)CC3)[nH]c2-c2cccc(F)c2)c1. The van der Waals surface area contributed by atoms with Gasteiger partial charge in [0.05, 0.1) is 17.9 Å². The van der Waals surface area contributed by atoms with Gasteiger partial charge in [0.2, 0.25) is 0 Å². The van der Waals surface area contributed by atoms with E-state index in [1.807, 2.05) is 6.07 Å². The third-order valence-electron chi connectivity index (χ3n) is 5.88. The number of anilines is 1. The molecular formula is C26H23F3N4. The first-order chi connectivity index (χ1) is 16.0. The maximum absolute atomic E-state index is 13.9. The number of aromatic amines is 1. The average Bonchev–Trinajstić information content (AvgIpc) is 3.23. The van der Waals surface area contributed by atoms with Crippen molar-refractivity contribution in [2.24, 2.45) is 0 Å². The second-order valence-corrected chi connectivity index (χ2v) is 8.17. The van der Waals surface area contributed by atoms with Crippen LogP contribution in [-0.2, 0) is 6.54 Å². The van der Waals surface area contributed by atoms with E-state index in [4.69, 9.17) is 4.98 Å². The zero-order valence-corrected chi connectivity index (χ0v) is 17.9. The normalized spacial score (nSPS) is 14.6. The lowest BCUT2D eigenvalue weighted by molar-refractivity contribution is 0.244. The molecule has 5 rings (SSSR count). The molecule has 33 heavy (non-hydrogen) atoms. The molecule has 0 aliphatic carbocycles. The number of nitrogens with zero attached hydrogens (tertiary/aromatic N) is 3. The number of benzene rings is 3. The molecule has 4 aromatic rings. The Kier molecular flexibility index (Phi) is 5.88. The maximum atomic E-state index is 13.9. The minimum absolute atomic E-state index is 0.236. The summed E-state index contributed by atoms with van der Waals surface area (Å²) >= 11 is 0. The summed E-state index contributed by atoms with van der Waals surface area (Å²) in [6, 6.07) is 19.2. The number of piperazine rings is 1. The Labute approximate surface area is 190 Å². The van der Waals surface area contributed by atoms with Crippen molar-refractivity contribution in [2.45, 2.75) is 6.54 Å². The number of hydrogen-bond acceptors (Lipinski definition) is 3. The highest BCUT2D eigenvalue weighted by Crippen LogP contribution is 2.31. The van der Waals surface area contributed by atoms with Gasteiger partial charge >= 0.3 is 0 Å². The van der Waals surface area contributed by atoms with Crippen LogP contribution in [0.2, 0.25) is 0 Å². The quantitative estimate of drug-likeness (QED) is 0.439. The Morgan fingerprint density at radius 3 is 2.00 bits per heavy atom. The molecule has 3 aromatic carbocycles. The Morgan fingerprint density at radius 2 is 1.33 bits per heavy atom. The molecule has 7 heteroatoms. The average molecular weight is 448 g/mol. The molecule has 0 unspecified atom stereocenters. The zero-order chi connectivity index (χ0) is 22.8. The predicted octanol–water partition coefficient (Wildman–Crippen LogP) is 5.48. The number of halogens is 3. The molecule has 0 radical (unpaired) electrons. The van der Waals surface area contributed by atoms with Gasteiger partial charge < -0.3 is 9.88 Å². The molecule has 0 saturated carbocycles. The lowest BCUT2D eigenvalue weighted by Crippen LogP contribution is -2.46. The summed E-state index contributed by atoms with van der Waals surface area (Å²) in [6.45, 7) is 3.72. The zero-order valence-electron chi connectivity index (χ0n) is 17.9. The molecule has 0 atom stereocenters. The van der Waals surface area contributed by atoms with E-state index in [0.717, 1.165) is 37.7 Å². The van der Waals surface area contributed by atoms with Crippen LogP contribution in [0.25, 0.3) is 22.5 Å². The molecule has 1 aliphatic heterocycles. The Morgan fingerprint density at radius 1 is 0.727 bits per heavy atom. The molecular weight excluding hydrogens is 425 g/mol. The Hall–Kier alpha value is -3.58. The van der Waals surface area contributed by atoms with Crippen molar-refractivity contribution in [2.75, 3.05) is 31.1 Å². The van der Waals surface area contributed by atoms with E-state index >= 15 is 0 Å². The van der Waals surface area contributed by atoms with Crippen LogP contribution < -0.4 is 4.90 Å². The van der Waals surface area contributed by atoms with Gasteiger partial charge in [0.25, 0.3) is 0 Å². The van der Waals surface area contributed by atoms with Crippen molar-refractivity contribution in [1.82, 2.24) is 14.9 Å². The van der Waals surface area contributed by atoms with Crippen molar-refractivity contribution in [3.05, 3.63) is 96.1 Å². The standard InChI is InChI=1S/C26H23F3N4/c27-20-6-1-4-18(14-20)25-26(19-5-2-7-21(28)15-19)31-24(30-25)17-32-10-12-33(13-11-32)23-9-3-8-22(29)16-23/h1-9,14-16H,10-13,17H2,(H,30,31). The summed E-state index contributed by atoms with van der Waals surface area (Å²) in [5.41, 5.74) is 3.42. The van der Waals surface area contributed by atoms with Crippen LogP contribution in [0.4, 0.5) is 18.9 Å². The highest BCUT2D eigenvalue weighted by atomic mass is 19.1. The first-order valence-corrected chi connectivity index (χ1v) is 10.9. The van der Waals surface area contributed by atoms with Crippen LogP contribution in [0.3, 0.4) is 0 Å². The highest BCUT2D eigenvalue weighted by Gasteiger charge is 2.21. The number of aromatic nitrogens is 2. The molecule has 0 spiro atoms. The number of H-pyrrole nitrogens is 1. The Balaban J connectivity index is 1.37. The van der Waals surface area contributed by atoms with E-state index in [9.17, 15) is 13.2 Å². The van der Waals surface area contributed by atoms with E-state index in [0.29, 0.717) is 29.1 Å². The van der Waals surface area contributed by atoms with E-state index in [-0.39, 0.29) is 17.5 Å². The molecule has 0 amide bonds. The van der Waals surface area contributed by atoms with Crippen molar-refractivity contribution < 1.29 is 13.2 Å². The Bertz CT molecular complexity index is 1200. The first kappa shape index (κ1) is 21.3. The van der Waals surface area contributed by atoms with E-state index in [1.165, 1.54) is 30.3 Å². The van der Waals surface area contributed by atoms with Gasteiger partial charge in [-0.1, -0.05) is 30.3 Å². The third kappa shape index (κ3) is 4.78. The number of rotatable bonds is 5. The van der Waals surface area contributed by atoms with Gasteiger partial charge in [0, 0.05) is 43.0 Å². The lowest BCUT2D eigenvalue weighted by Gasteiger charge is -2.35. The molecule has 2 heterocycles. The summed E-state index contributed by atoms with van der Waals surface area (Å²) in [5.74, 6) is -0.203. The fraction of sp³-hybridized carbons (Fsp3) is 0.192. The van der Waals surface area contributed by atoms with Gasteiger partial charge in [-0.3, -0.25) is 4.90 Å². The molecule has 0 bridgehead atoms. The topological polar surface area (TPSA) is 35.2 Å². The lowest BCUT2D eigenvalue weighted by atomic mass is 10.0. The van der Waals surface area contributed by atoms with Gasteiger partial charge in [-0.2, -0.15) is 0 Å². The molecule has 1 aliphatic rings. The van der Waals surface area contributed by atoms with Crippen LogP contribution in [-0.4, -0.2) is 41.0 Å². The summed E-state index contributed by atoms with van der Waals surface area (Å²) < 4.78 is 41.4. The monoisotopic (exact) mass is 448 g/mol. The summed E-state index contributed by atoms with van der Waals surface area (Å²) in [5, 5.41) is 0. The van der Waals surface area contributed by atoms with E-state index < -0.39 is 0 Å². The maximum Gasteiger partial charge on any atom is 0.125 e. The molecule has 168 valence electrons. The van der Waals surface area contributed by atoms with Gasteiger partial charge in [0.1, 0.15) is 23.3 Å². The van der Waals surface area contributed by atoms with Gasteiger partial charge in [-0.25, -0.2) is 18.2 Å². The summed E-state index contributed by atoms with van der Waals surface area (Å²) in [7, 11) is 0. The molecule has 1 fully saturated rings. The van der Waals surface area contributed by atoms with Gasteiger partial charge in [0.15, 0.2) is 0 Å². The third-order valence-corrected chi connectivity index (χ3v) is 5.88. The van der Waals surface area contributed by atoms with Crippen molar-refractivity contribution in [3.8, 4) is 22.5 Å². The summed E-state index contributed by atoms with van der Waals surface area (Å²) in [6.07, 6.45) is 0. The molecule has 1 N–H and O–H groups in total. The van der Waals surface area contributed by atoms with Gasteiger partial charge in [-0.05, 0) is 42.5 Å². The minimum Gasteiger partial charge on any atom is -0.369 e. The van der Waals surface area contributed by atoms with Crippen LogP contribution in [0.5, 0.6) is 0 Å². The predicted molar refractivity (Wildman–Crippen MR) is 123 cm³/mol. The second kappa shape index (κ2) is 9.11. The van der Waals surface area contributed by atoms with E-state index in [2.05, 4.69) is 14.8 Å². The highest BCUT2D eigenvalue weighted by molar-refractivity contribution is 5.78. The van der Waals surface area contributed by atoms with Gasteiger partial charge in [-0.15, -0.1) is 0 Å². The first-order valence-electron chi connectivity index (χ1n) is 10.9. The number of hydrogen-bond donors (Lipinski definition) is 1. The van der Waals surface area contributed by atoms with Crippen molar-refractivity contribution in [1.29, 1.82) is 0 Å². The van der Waals surface area contributed by atoms with Crippen molar-refractivity contribution >= 4 is 5.69 Å². The number of imidazole rings is 1. The molecule has 4 nitrogen and oxygen atoms in total. The summed E-state index contributed by atoms with van der Waals surface area (Å²) in [4.78, 5) is 12.5. The largest absolute Gasteiger partial charge is 0.369 e.